The average Bonchev–Trinajstić information content (AvgIpc) is 3.10. The third kappa shape index (κ3) is 5.07. The molecule has 3 rings (SSSR count). The molecule has 0 aliphatic carbocycles. The van der Waals surface area contributed by atoms with Crippen LogP contribution in [0.1, 0.15) is 42.1 Å². The lowest BCUT2D eigenvalue weighted by Crippen LogP contribution is -2.25. The summed E-state index contributed by atoms with van der Waals surface area (Å²) in [7, 11) is 1.30. The second-order valence-corrected chi connectivity index (χ2v) is 8.25. The first kappa shape index (κ1) is 21.6. The molecule has 2 heterocycles. The summed E-state index contributed by atoms with van der Waals surface area (Å²) in [6, 6.07) is 6.99. The van der Waals surface area contributed by atoms with E-state index in [4.69, 9.17) is 4.74 Å². The number of carbonyl (C=O) groups is 2. The van der Waals surface area contributed by atoms with Gasteiger partial charge in [-0.3, -0.25) is 9.59 Å². The SMILES string of the molecule is COC(=O)c1nc(NC(=O)CCCn2nnc3ccccc3c2=O)sc1CC(C)C. The Morgan fingerprint density at radius 1 is 1.27 bits per heavy atom. The van der Waals surface area contributed by atoms with Crippen LogP contribution in [0.5, 0.6) is 0 Å². The molecule has 0 spiro atoms. The van der Waals surface area contributed by atoms with Gasteiger partial charge in [0.1, 0.15) is 5.52 Å². The number of aromatic nitrogens is 4. The number of amides is 1. The zero-order chi connectivity index (χ0) is 21.7. The smallest absolute Gasteiger partial charge is 0.357 e. The van der Waals surface area contributed by atoms with E-state index in [1.54, 1.807) is 24.3 Å². The van der Waals surface area contributed by atoms with Gasteiger partial charge in [-0.1, -0.05) is 31.2 Å². The maximum Gasteiger partial charge on any atom is 0.357 e. The molecule has 1 aromatic carbocycles. The van der Waals surface area contributed by atoms with Crippen LogP contribution >= 0.6 is 11.3 Å². The minimum absolute atomic E-state index is 0.174. The van der Waals surface area contributed by atoms with Gasteiger partial charge in [-0.25, -0.2) is 14.5 Å². The van der Waals surface area contributed by atoms with Gasteiger partial charge in [-0.05, 0) is 30.9 Å². The highest BCUT2D eigenvalue weighted by atomic mass is 32.1. The van der Waals surface area contributed by atoms with Crippen molar-refractivity contribution < 1.29 is 14.3 Å². The summed E-state index contributed by atoms with van der Waals surface area (Å²) >= 11 is 1.27. The number of methoxy groups -OCH3 is 1. The molecular weight excluding hydrogens is 406 g/mol. The summed E-state index contributed by atoms with van der Waals surface area (Å²) in [5, 5.41) is 11.5. The third-order valence-corrected chi connectivity index (χ3v) is 5.31. The molecular formula is C20H23N5O4S. The van der Waals surface area contributed by atoms with E-state index in [1.165, 1.54) is 23.1 Å². The van der Waals surface area contributed by atoms with E-state index in [9.17, 15) is 14.4 Å². The van der Waals surface area contributed by atoms with Crippen molar-refractivity contribution in [3.63, 3.8) is 0 Å². The molecule has 10 heteroatoms. The maximum absolute atomic E-state index is 12.4. The van der Waals surface area contributed by atoms with Crippen LogP contribution in [-0.2, 0) is 22.5 Å². The molecule has 9 nitrogen and oxygen atoms in total. The summed E-state index contributed by atoms with van der Waals surface area (Å²) in [5.41, 5.74) is 0.547. The van der Waals surface area contributed by atoms with Crippen LogP contribution in [0.15, 0.2) is 29.1 Å². The number of ether oxygens (including phenoxy) is 1. The standard InChI is InChI=1S/C20H23N5O4S/c1-12(2)11-15-17(19(28)29-3)22-20(30-15)21-16(26)9-6-10-25-18(27)13-7-4-5-8-14(13)23-24-25/h4-5,7-8,12H,6,9-11H2,1-3H3,(H,21,22,26). The molecule has 0 radical (unpaired) electrons. The summed E-state index contributed by atoms with van der Waals surface area (Å²) < 4.78 is 6.04. The quantitative estimate of drug-likeness (QED) is 0.547. The van der Waals surface area contributed by atoms with Crippen LogP contribution in [0.4, 0.5) is 5.13 Å². The van der Waals surface area contributed by atoms with Crippen molar-refractivity contribution in [1.29, 1.82) is 0 Å². The number of anilines is 1. The fourth-order valence-electron chi connectivity index (χ4n) is 2.91. The number of esters is 1. The van der Waals surface area contributed by atoms with E-state index in [0.717, 1.165) is 4.88 Å². The van der Waals surface area contributed by atoms with Crippen molar-refractivity contribution in [2.45, 2.75) is 39.7 Å². The zero-order valence-corrected chi connectivity index (χ0v) is 17.9. The number of rotatable bonds is 8. The number of fused-ring (bicyclic) bond motifs is 1. The van der Waals surface area contributed by atoms with Crippen molar-refractivity contribution in [2.24, 2.45) is 5.92 Å². The number of hydrogen-bond acceptors (Lipinski definition) is 8. The van der Waals surface area contributed by atoms with E-state index in [1.807, 2.05) is 13.8 Å². The van der Waals surface area contributed by atoms with Crippen LogP contribution in [0.3, 0.4) is 0 Å². The average molecular weight is 430 g/mol. The number of nitrogens with one attached hydrogen (secondary N) is 1. The van der Waals surface area contributed by atoms with E-state index in [2.05, 4.69) is 20.6 Å². The predicted molar refractivity (Wildman–Crippen MR) is 114 cm³/mol. The molecule has 0 saturated carbocycles. The number of benzene rings is 1. The van der Waals surface area contributed by atoms with Gasteiger partial charge in [-0.15, -0.1) is 16.4 Å². The molecule has 0 aliphatic rings. The Hall–Kier alpha value is -3.14. The first-order valence-electron chi connectivity index (χ1n) is 9.59. The van der Waals surface area contributed by atoms with Gasteiger partial charge < -0.3 is 10.1 Å². The van der Waals surface area contributed by atoms with E-state index < -0.39 is 5.97 Å². The zero-order valence-electron chi connectivity index (χ0n) is 17.0. The lowest BCUT2D eigenvalue weighted by atomic mass is 10.1. The van der Waals surface area contributed by atoms with Gasteiger partial charge in [0.15, 0.2) is 10.8 Å². The van der Waals surface area contributed by atoms with Gasteiger partial charge in [0.05, 0.1) is 12.5 Å². The van der Waals surface area contributed by atoms with Gasteiger partial charge in [-0.2, -0.15) is 0 Å². The van der Waals surface area contributed by atoms with E-state index in [-0.39, 0.29) is 30.1 Å². The molecule has 0 fully saturated rings. The van der Waals surface area contributed by atoms with E-state index in [0.29, 0.717) is 34.8 Å². The van der Waals surface area contributed by atoms with Crippen LogP contribution in [0, 0.1) is 5.92 Å². The topological polar surface area (TPSA) is 116 Å². The number of aryl methyl sites for hydroxylation is 1. The Bertz CT molecular complexity index is 1120. The summed E-state index contributed by atoms with van der Waals surface area (Å²) in [6.07, 6.45) is 1.25. The summed E-state index contributed by atoms with van der Waals surface area (Å²) in [6.45, 7) is 4.35. The molecule has 0 bridgehead atoms. The van der Waals surface area contributed by atoms with Crippen LogP contribution in [-0.4, -0.2) is 39.0 Å². The minimum Gasteiger partial charge on any atom is -0.464 e. The molecule has 2 aromatic heterocycles. The molecule has 1 amide bonds. The number of carbonyl (C=O) groups excluding carboxylic acids is 2. The molecule has 1 N–H and O–H groups in total. The third-order valence-electron chi connectivity index (χ3n) is 4.32. The molecule has 3 aromatic rings. The van der Waals surface area contributed by atoms with Crippen molar-refractivity contribution in [3.05, 3.63) is 45.2 Å². The highest BCUT2D eigenvalue weighted by Crippen LogP contribution is 2.26. The lowest BCUT2D eigenvalue weighted by Gasteiger charge is -2.05. The highest BCUT2D eigenvalue weighted by Gasteiger charge is 2.20. The molecule has 0 atom stereocenters. The normalized spacial score (nSPS) is 11.1. The first-order valence-corrected chi connectivity index (χ1v) is 10.4. The summed E-state index contributed by atoms with van der Waals surface area (Å²) in [4.78, 5) is 41.7. The molecule has 30 heavy (non-hydrogen) atoms. The van der Waals surface area contributed by atoms with Gasteiger partial charge in [0.2, 0.25) is 5.91 Å². The molecule has 0 aliphatic heterocycles. The lowest BCUT2D eigenvalue weighted by molar-refractivity contribution is -0.116. The molecule has 158 valence electrons. The number of hydrogen-bond donors (Lipinski definition) is 1. The van der Waals surface area contributed by atoms with Crippen molar-refractivity contribution in [2.75, 3.05) is 12.4 Å². The fourth-order valence-corrected chi connectivity index (χ4v) is 4.09. The predicted octanol–water partition coefficient (Wildman–Crippen LogP) is 2.65. The number of nitrogens with zero attached hydrogens (tertiary/aromatic N) is 4. The van der Waals surface area contributed by atoms with Crippen molar-refractivity contribution in [3.8, 4) is 0 Å². The number of thiazole rings is 1. The molecule has 0 saturated heterocycles. The minimum atomic E-state index is -0.517. The summed E-state index contributed by atoms with van der Waals surface area (Å²) in [5.74, 6) is -0.437. The van der Waals surface area contributed by atoms with Gasteiger partial charge >= 0.3 is 5.97 Å². The van der Waals surface area contributed by atoms with E-state index >= 15 is 0 Å². The second-order valence-electron chi connectivity index (χ2n) is 7.17. The Kier molecular flexibility index (Phi) is 6.88. The maximum atomic E-state index is 12.4. The van der Waals surface area contributed by atoms with Crippen LogP contribution < -0.4 is 10.9 Å². The first-order chi connectivity index (χ1) is 14.4. The highest BCUT2D eigenvalue weighted by molar-refractivity contribution is 7.16. The monoisotopic (exact) mass is 429 g/mol. The second kappa shape index (κ2) is 9.57. The Morgan fingerprint density at radius 3 is 2.77 bits per heavy atom. The largest absolute Gasteiger partial charge is 0.464 e. The van der Waals surface area contributed by atoms with Gasteiger partial charge in [0.25, 0.3) is 5.56 Å². The fraction of sp³-hybridized carbons (Fsp3) is 0.400. The Balaban J connectivity index is 1.61. The van der Waals surface area contributed by atoms with Crippen LogP contribution in [0.2, 0.25) is 0 Å². The van der Waals surface area contributed by atoms with Gasteiger partial charge in [0, 0.05) is 17.8 Å². The molecule has 0 unspecified atom stereocenters. The van der Waals surface area contributed by atoms with Crippen LogP contribution in [0.25, 0.3) is 10.9 Å². The Labute approximate surface area is 177 Å². The van der Waals surface area contributed by atoms with Crippen molar-refractivity contribution >= 4 is 39.2 Å². The Morgan fingerprint density at radius 2 is 2.03 bits per heavy atom. The van der Waals surface area contributed by atoms with Crippen molar-refractivity contribution in [1.82, 2.24) is 20.0 Å².